The molecule has 70 valence electrons. The molecule has 4 heteroatoms. The average molecular weight is 199 g/mol. The van der Waals surface area contributed by atoms with Gasteiger partial charge in [0.15, 0.2) is 5.78 Å². The number of Topliss-reactive ketones (excluding diaryl/α,β-unsaturated/α-hetero) is 1. The van der Waals surface area contributed by atoms with Crippen molar-refractivity contribution in [2.45, 2.75) is 6.92 Å². The van der Waals surface area contributed by atoms with E-state index < -0.39 is 0 Å². The molecule has 1 rings (SSSR count). The quantitative estimate of drug-likeness (QED) is 0.748. The predicted octanol–water partition coefficient (Wildman–Crippen LogP) is 1.45. The van der Waals surface area contributed by atoms with Gasteiger partial charge in [-0.1, -0.05) is 11.6 Å². The third-order valence-electron chi connectivity index (χ3n) is 1.71. The monoisotopic (exact) mass is 198 g/mol. The third-order valence-corrected chi connectivity index (χ3v) is 1.99. The number of hydrogen-bond acceptors (Lipinski definition) is 3. The lowest BCUT2D eigenvalue weighted by molar-refractivity contribution is 0.0993. The largest absolute Gasteiger partial charge is 0.313 e. The molecule has 0 spiro atoms. The summed E-state index contributed by atoms with van der Waals surface area (Å²) in [6.45, 7) is 2.12. The van der Waals surface area contributed by atoms with Crippen LogP contribution in [0.25, 0.3) is 0 Å². The van der Waals surface area contributed by atoms with Gasteiger partial charge in [0, 0.05) is 18.0 Å². The molecule has 3 nitrogen and oxygen atoms in total. The molecule has 0 saturated carbocycles. The van der Waals surface area contributed by atoms with Crippen molar-refractivity contribution in [3.63, 3.8) is 0 Å². The first kappa shape index (κ1) is 10.2. The molecule has 1 aromatic rings. The smallest absolute Gasteiger partial charge is 0.178 e. The zero-order chi connectivity index (χ0) is 9.84. The van der Waals surface area contributed by atoms with Crippen LogP contribution in [0.2, 0.25) is 5.02 Å². The molecule has 0 bridgehead atoms. The summed E-state index contributed by atoms with van der Waals surface area (Å²) in [6, 6.07) is 0. The fraction of sp³-hybridized carbons (Fsp3) is 0.333. The number of hydrogen-bond donors (Lipinski definition) is 1. The number of nitrogens with one attached hydrogen (secondary N) is 1. The van der Waals surface area contributed by atoms with E-state index in [9.17, 15) is 4.79 Å². The summed E-state index contributed by atoms with van der Waals surface area (Å²) in [7, 11) is 1.72. The van der Waals surface area contributed by atoms with Crippen LogP contribution in [0.5, 0.6) is 0 Å². The second-order valence-electron chi connectivity index (χ2n) is 2.77. The maximum Gasteiger partial charge on any atom is 0.178 e. The predicted molar refractivity (Wildman–Crippen MR) is 52.2 cm³/mol. The van der Waals surface area contributed by atoms with Crippen molar-refractivity contribution in [2.75, 3.05) is 13.6 Å². The summed E-state index contributed by atoms with van der Waals surface area (Å²) >= 11 is 5.85. The number of likely N-dealkylation sites (N-methyl/N-ethyl adjacent to an activating group) is 1. The topological polar surface area (TPSA) is 42.0 Å². The zero-order valence-corrected chi connectivity index (χ0v) is 8.35. The van der Waals surface area contributed by atoms with Gasteiger partial charge in [0.1, 0.15) is 0 Å². The van der Waals surface area contributed by atoms with E-state index in [1.165, 1.54) is 6.20 Å². The van der Waals surface area contributed by atoms with Crippen molar-refractivity contribution in [3.8, 4) is 0 Å². The van der Waals surface area contributed by atoms with Gasteiger partial charge >= 0.3 is 0 Å². The Bertz CT molecular complexity index is 305. The highest BCUT2D eigenvalue weighted by Crippen LogP contribution is 2.17. The van der Waals surface area contributed by atoms with Gasteiger partial charge in [-0.3, -0.25) is 9.78 Å². The minimum atomic E-state index is -0.00704. The number of carbonyl (C=O) groups excluding carboxylic acids is 1. The normalized spacial score (nSPS) is 10.1. The lowest BCUT2D eigenvalue weighted by Gasteiger charge is -2.05. The maximum absolute atomic E-state index is 11.5. The van der Waals surface area contributed by atoms with Gasteiger partial charge in [-0.25, -0.2) is 0 Å². The van der Waals surface area contributed by atoms with Crippen LogP contribution in [0.1, 0.15) is 15.9 Å². The van der Waals surface area contributed by atoms with E-state index in [4.69, 9.17) is 11.6 Å². The van der Waals surface area contributed by atoms with Crippen molar-refractivity contribution < 1.29 is 4.79 Å². The van der Waals surface area contributed by atoms with Crippen LogP contribution < -0.4 is 5.32 Å². The summed E-state index contributed by atoms with van der Waals surface area (Å²) in [5.74, 6) is -0.00704. The first-order valence-corrected chi connectivity index (χ1v) is 4.32. The van der Waals surface area contributed by atoms with Gasteiger partial charge in [-0.2, -0.15) is 0 Å². The highest BCUT2D eigenvalue weighted by atomic mass is 35.5. The first-order valence-electron chi connectivity index (χ1n) is 3.94. The Morgan fingerprint density at radius 3 is 2.85 bits per heavy atom. The Kier molecular flexibility index (Phi) is 3.39. The SMILES string of the molecule is CNCC(=O)c1c(C)cncc1Cl. The Balaban J connectivity index is 3.05. The van der Waals surface area contributed by atoms with E-state index in [0.29, 0.717) is 17.1 Å². The van der Waals surface area contributed by atoms with Crippen molar-refractivity contribution in [2.24, 2.45) is 0 Å². The Morgan fingerprint density at radius 2 is 2.31 bits per heavy atom. The molecule has 0 radical (unpaired) electrons. The van der Waals surface area contributed by atoms with Gasteiger partial charge in [0.2, 0.25) is 0 Å². The summed E-state index contributed by atoms with van der Waals surface area (Å²) in [5.41, 5.74) is 1.37. The van der Waals surface area contributed by atoms with Gasteiger partial charge in [0.05, 0.1) is 11.6 Å². The van der Waals surface area contributed by atoms with E-state index in [0.717, 1.165) is 5.56 Å². The Labute approximate surface area is 82.1 Å². The van der Waals surface area contributed by atoms with Crippen LogP contribution in [0, 0.1) is 6.92 Å². The van der Waals surface area contributed by atoms with E-state index in [-0.39, 0.29) is 5.78 Å². The minimum Gasteiger partial charge on any atom is -0.313 e. The number of aromatic nitrogens is 1. The molecule has 1 aromatic heterocycles. The summed E-state index contributed by atoms with van der Waals surface area (Å²) in [5, 5.41) is 3.21. The number of nitrogens with zero attached hydrogens (tertiary/aromatic N) is 1. The third kappa shape index (κ3) is 2.26. The fourth-order valence-corrected chi connectivity index (χ4v) is 1.44. The molecule has 0 aliphatic heterocycles. The number of carbonyl (C=O) groups is 1. The second-order valence-corrected chi connectivity index (χ2v) is 3.17. The molecule has 0 aromatic carbocycles. The molecule has 0 atom stereocenters. The van der Waals surface area contributed by atoms with Gasteiger partial charge < -0.3 is 5.32 Å². The zero-order valence-electron chi connectivity index (χ0n) is 7.60. The van der Waals surface area contributed by atoms with E-state index in [1.807, 2.05) is 6.92 Å². The number of rotatable bonds is 3. The number of aryl methyl sites for hydroxylation is 1. The fourth-order valence-electron chi connectivity index (χ4n) is 1.13. The standard InChI is InChI=1S/C9H11ClN2O/c1-6-3-12-4-7(10)9(6)8(13)5-11-2/h3-4,11H,5H2,1-2H3. The molecule has 13 heavy (non-hydrogen) atoms. The number of pyridine rings is 1. The molecular formula is C9H11ClN2O. The van der Waals surface area contributed by atoms with Crippen molar-refractivity contribution in [3.05, 3.63) is 28.5 Å². The van der Waals surface area contributed by atoms with Gasteiger partial charge in [-0.05, 0) is 19.5 Å². The van der Waals surface area contributed by atoms with Crippen molar-refractivity contribution >= 4 is 17.4 Å². The Morgan fingerprint density at radius 1 is 1.62 bits per heavy atom. The first-order chi connectivity index (χ1) is 6.16. The molecule has 0 aliphatic carbocycles. The lowest BCUT2D eigenvalue weighted by atomic mass is 10.1. The second kappa shape index (κ2) is 4.35. The molecular weight excluding hydrogens is 188 g/mol. The molecule has 0 aliphatic rings. The summed E-state index contributed by atoms with van der Waals surface area (Å²) in [6.07, 6.45) is 3.12. The van der Waals surface area contributed by atoms with Crippen LogP contribution in [0.15, 0.2) is 12.4 Å². The molecule has 0 fully saturated rings. The number of ketones is 1. The van der Waals surface area contributed by atoms with Crippen molar-refractivity contribution in [1.82, 2.24) is 10.3 Å². The van der Waals surface area contributed by atoms with E-state index >= 15 is 0 Å². The van der Waals surface area contributed by atoms with E-state index in [1.54, 1.807) is 13.2 Å². The Hall–Kier alpha value is -0.930. The maximum atomic E-state index is 11.5. The molecule has 0 unspecified atom stereocenters. The van der Waals surface area contributed by atoms with Crippen LogP contribution in [0.4, 0.5) is 0 Å². The van der Waals surface area contributed by atoms with Crippen molar-refractivity contribution in [1.29, 1.82) is 0 Å². The van der Waals surface area contributed by atoms with E-state index in [2.05, 4.69) is 10.3 Å². The molecule has 0 amide bonds. The summed E-state index contributed by atoms with van der Waals surface area (Å²) < 4.78 is 0. The van der Waals surface area contributed by atoms with Crippen LogP contribution in [-0.2, 0) is 0 Å². The summed E-state index contributed by atoms with van der Waals surface area (Å²) in [4.78, 5) is 15.4. The van der Waals surface area contributed by atoms with Gasteiger partial charge in [0.25, 0.3) is 0 Å². The molecule has 1 heterocycles. The lowest BCUT2D eigenvalue weighted by Crippen LogP contribution is -2.19. The van der Waals surface area contributed by atoms with Crippen LogP contribution >= 0.6 is 11.6 Å². The number of halogens is 1. The van der Waals surface area contributed by atoms with Crippen LogP contribution in [-0.4, -0.2) is 24.4 Å². The van der Waals surface area contributed by atoms with Crippen LogP contribution in [0.3, 0.4) is 0 Å². The van der Waals surface area contributed by atoms with Gasteiger partial charge in [-0.15, -0.1) is 0 Å². The highest BCUT2D eigenvalue weighted by Gasteiger charge is 2.12. The average Bonchev–Trinajstić information content (AvgIpc) is 2.04. The highest BCUT2D eigenvalue weighted by molar-refractivity contribution is 6.34. The minimum absolute atomic E-state index is 0.00704. The molecule has 1 N–H and O–H groups in total. The molecule has 0 saturated heterocycles.